The molecule has 1 aromatic carbocycles. The van der Waals surface area contributed by atoms with Gasteiger partial charge in [0.15, 0.2) is 10.9 Å². The Morgan fingerprint density at radius 1 is 1.46 bits per heavy atom. The van der Waals surface area contributed by atoms with Crippen molar-refractivity contribution in [1.82, 2.24) is 10.2 Å². The zero-order chi connectivity index (χ0) is 17.9. The van der Waals surface area contributed by atoms with E-state index in [1.807, 2.05) is 0 Å². The molecular weight excluding hydrogens is 334 g/mol. The third-order valence-electron chi connectivity index (χ3n) is 3.23. The van der Waals surface area contributed by atoms with Crippen LogP contribution in [0.5, 0.6) is 5.75 Å². The van der Waals surface area contributed by atoms with E-state index in [1.54, 1.807) is 0 Å². The number of benzene rings is 1. The molecule has 0 aliphatic carbocycles. The summed E-state index contributed by atoms with van der Waals surface area (Å²) in [6.07, 6.45) is 2.60. The third kappa shape index (κ3) is 3.15. The predicted molar refractivity (Wildman–Crippen MR) is 90.3 cm³/mol. The van der Waals surface area contributed by atoms with Gasteiger partial charge in [-0.25, -0.2) is 0 Å². The van der Waals surface area contributed by atoms with E-state index in [2.05, 4.69) is 11.9 Å². The highest BCUT2D eigenvalue weighted by atomic mass is 32.1. The van der Waals surface area contributed by atoms with Crippen molar-refractivity contribution in [1.29, 1.82) is 0 Å². The Morgan fingerprint density at radius 3 is 2.75 bits per heavy atom. The molecule has 0 atom stereocenters. The Morgan fingerprint density at radius 2 is 2.17 bits per heavy atom. The van der Waals surface area contributed by atoms with Crippen molar-refractivity contribution >= 4 is 40.9 Å². The molecule has 0 spiro atoms. The van der Waals surface area contributed by atoms with Crippen LogP contribution in [-0.2, 0) is 9.59 Å². The van der Waals surface area contributed by atoms with Gasteiger partial charge in [-0.15, -0.1) is 6.58 Å². The summed E-state index contributed by atoms with van der Waals surface area (Å²) in [5, 5.41) is 13.6. The fourth-order valence-corrected chi connectivity index (χ4v) is 2.41. The van der Waals surface area contributed by atoms with E-state index in [0.717, 1.165) is 11.0 Å². The maximum Gasteiger partial charge on any atom is 0.318 e. The lowest BCUT2D eigenvalue weighted by Gasteiger charge is -2.27. The molecule has 9 heteroatoms. The molecule has 8 nitrogen and oxygen atoms in total. The minimum atomic E-state index is -0.720. The number of nitrogens with one attached hydrogen (secondary N) is 1. The van der Waals surface area contributed by atoms with Crippen molar-refractivity contribution in [2.45, 2.75) is 0 Å². The molecule has 2 rings (SSSR count). The molecular formula is C15H13N3O5S. The molecule has 0 saturated carbocycles. The zero-order valence-electron chi connectivity index (χ0n) is 12.6. The number of nitro benzene ring substituents is 1. The Bertz CT molecular complexity index is 787. The molecule has 0 unspecified atom stereocenters. The van der Waals surface area contributed by atoms with Crippen molar-refractivity contribution in [3.8, 4) is 5.75 Å². The molecule has 0 aromatic heterocycles. The number of nitro groups is 1. The van der Waals surface area contributed by atoms with Crippen LogP contribution in [-0.4, -0.2) is 40.4 Å². The van der Waals surface area contributed by atoms with Gasteiger partial charge in [0.1, 0.15) is 5.57 Å². The molecule has 0 bridgehead atoms. The number of amides is 2. The van der Waals surface area contributed by atoms with Gasteiger partial charge in [-0.1, -0.05) is 12.1 Å². The number of hydrogen-bond acceptors (Lipinski definition) is 6. The van der Waals surface area contributed by atoms with E-state index >= 15 is 0 Å². The molecule has 2 amide bonds. The summed E-state index contributed by atoms with van der Waals surface area (Å²) >= 11 is 4.94. The summed E-state index contributed by atoms with van der Waals surface area (Å²) in [5.41, 5.74) is -0.525. The van der Waals surface area contributed by atoms with E-state index in [-0.39, 0.29) is 34.2 Å². The van der Waals surface area contributed by atoms with E-state index in [0.29, 0.717) is 0 Å². The second kappa shape index (κ2) is 7.01. The first-order chi connectivity index (χ1) is 11.4. The van der Waals surface area contributed by atoms with Crippen LogP contribution in [0.2, 0.25) is 0 Å². The molecule has 0 radical (unpaired) electrons. The van der Waals surface area contributed by atoms with Gasteiger partial charge in [-0.05, 0) is 30.4 Å². The summed E-state index contributed by atoms with van der Waals surface area (Å²) < 4.78 is 4.97. The highest BCUT2D eigenvalue weighted by molar-refractivity contribution is 7.80. The fourth-order valence-electron chi connectivity index (χ4n) is 2.16. The molecule has 1 fully saturated rings. The van der Waals surface area contributed by atoms with Crippen LogP contribution in [0.3, 0.4) is 0 Å². The van der Waals surface area contributed by atoms with Gasteiger partial charge >= 0.3 is 5.69 Å². The lowest BCUT2D eigenvalue weighted by atomic mass is 10.1. The van der Waals surface area contributed by atoms with Gasteiger partial charge in [-0.3, -0.25) is 29.9 Å². The average Bonchev–Trinajstić information content (AvgIpc) is 2.54. The predicted octanol–water partition coefficient (Wildman–Crippen LogP) is 1.42. The number of thiocarbonyl (C=S) groups is 1. The van der Waals surface area contributed by atoms with Gasteiger partial charge in [-0.2, -0.15) is 0 Å². The lowest BCUT2D eigenvalue weighted by molar-refractivity contribution is -0.386. The molecule has 1 N–H and O–H groups in total. The maximum absolute atomic E-state index is 12.4. The SMILES string of the molecule is C=CCN1C(=O)/C(=C/c2cccc(OC)c2[N+](=O)[O-])C(=O)NC1=S. The van der Waals surface area contributed by atoms with E-state index in [1.165, 1.54) is 31.4 Å². The average molecular weight is 347 g/mol. The number of hydrogen-bond donors (Lipinski definition) is 1. The van der Waals surface area contributed by atoms with Gasteiger partial charge in [0, 0.05) is 6.54 Å². The van der Waals surface area contributed by atoms with Crippen LogP contribution in [0.25, 0.3) is 6.08 Å². The summed E-state index contributed by atoms with van der Waals surface area (Å²) in [4.78, 5) is 36.3. The normalized spacial score (nSPS) is 16.1. The number of para-hydroxylation sites is 1. The van der Waals surface area contributed by atoms with Crippen molar-refractivity contribution in [3.63, 3.8) is 0 Å². The first kappa shape index (κ1) is 17.3. The zero-order valence-corrected chi connectivity index (χ0v) is 13.5. The summed E-state index contributed by atoms with van der Waals surface area (Å²) in [6.45, 7) is 3.63. The van der Waals surface area contributed by atoms with Gasteiger partial charge in [0.05, 0.1) is 17.6 Å². The van der Waals surface area contributed by atoms with Gasteiger partial charge in [0.25, 0.3) is 11.8 Å². The van der Waals surface area contributed by atoms with Crippen LogP contribution in [0.4, 0.5) is 5.69 Å². The molecule has 24 heavy (non-hydrogen) atoms. The third-order valence-corrected chi connectivity index (χ3v) is 3.55. The number of rotatable bonds is 5. The molecule has 124 valence electrons. The standard InChI is InChI=1S/C15H13N3O5S/c1-3-7-17-14(20)10(13(19)16-15(17)24)8-9-5-4-6-11(23-2)12(9)18(21)22/h3-6,8H,1,7H2,2H3,(H,16,19,24)/b10-8+. The minimum Gasteiger partial charge on any atom is -0.490 e. The highest BCUT2D eigenvalue weighted by Gasteiger charge is 2.33. The smallest absolute Gasteiger partial charge is 0.318 e. The molecule has 1 aliphatic heterocycles. The van der Waals surface area contributed by atoms with E-state index < -0.39 is 16.7 Å². The number of carbonyl (C=O) groups is 2. The Balaban J connectivity index is 2.56. The first-order valence-electron chi connectivity index (χ1n) is 6.71. The van der Waals surface area contributed by atoms with E-state index in [4.69, 9.17) is 17.0 Å². The maximum atomic E-state index is 12.4. The van der Waals surface area contributed by atoms with Crippen molar-refractivity contribution in [2.24, 2.45) is 0 Å². The van der Waals surface area contributed by atoms with Crippen LogP contribution >= 0.6 is 12.2 Å². The molecule has 1 aromatic rings. The Hall–Kier alpha value is -3.07. The number of ether oxygens (including phenoxy) is 1. The second-order valence-corrected chi connectivity index (χ2v) is 5.06. The van der Waals surface area contributed by atoms with Gasteiger partial charge in [0.2, 0.25) is 0 Å². The minimum absolute atomic E-state index is 0.0245. The van der Waals surface area contributed by atoms with Crippen LogP contribution in [0, 0.1) is 10.1 Å². The number of carbonyl (C=O) groups excluding carboxylic acids is 2. The summed E-state index contributed by atoms with van der Waals surface area (Å²) in [7, 11) is 1.29. The summed E-state index contributed by atoms with van der Waals surface area (Å²) in [6, 6.07) is 4.36. The summed E-state index contributed by atoms with van der Waals surface area (Å²) in [5.74, 6) is -1.35. The van der Waals surface area contributed by atoms with Crippen molar-refractivity contribution in [2.75, 3.05) is 13.7 Å². The molecule has 1 saturated heterocycles. The Kier molecular flexibility index (Phi) is 5.05. The van der Waals surface area contributed by atoms with Gasteiger partial charge < -0.3 is 4.74 Å². The van der Waals surface area contributed by atoms with Crippen molar-refractivity contribution < 1.29 is 19.2 Å². The van der Waals surface area contributed by atoms with Crippen LogP contribution < -0.4 is 10.1 Å². The molecule has 1 aliphatic rings. The monoisotopic (exact) mass is 347 g/mol. The second-order valence-electron chi connectivity index (χ2n) is 4.68. The van der Waals surface area contributed by atoms with Crippen LogP contribution in [0.1, 0.15) is 5.56 Å². The Labute approximate surface area is 142 Å². The first-order valence-corrected chi connectivity index (χ1v) is 7.12. The lowest BCUT2D eigenvalue weighted by Crippen LogP contribution is -2.53. The topological polar surface area (TPSA) is 102 Å². The largest absolute Gasteiger partial charge is 0.490 e. The van der Waals surface area contributed by atoms with Crippen LogP contribution in [0.15, 0.2) is 36.4 Å². The van der Waals surface area contributed by atoms with E-state index in [9.17, 15) is 19.7 Å². The number of methoxy groups -OCH3 is 1. The highest BCUT2D eigenvalue weighted by Crippen LogP contribution is 2.32. The quantitative estimate of drug-likeness (QED) is 0.216. The van der Waals surface area contributed by atoms with Crippen molar-refractivity contribution in [3.05, 3.63) is 52.1 Å². The fraction of sp³-hybridized carbons (Fsp3) is 0.133. The number of nitrogens with zero attached hydrogens (tertiary/aromatic N) is 2. The molecule has 1 heterocycles.